The Morgan fingerprint density at radius 3 is 2.60 bits per heavy atom. The molecule has 5 nitrogen and oxygen atoms in total. The highest BCUT2D eigenvalue weighted by Crippen LogP contribution is 2.33. The molecule has 1 fully saturated rings. The van der Waals surface area contributed by atoms with Crippen molar-refractivity contribution in [3.05, 3.63) is 82.4 Å². The van der Waals surface area contributed by atoms with Gasteiger partial charge in [0, 0.05) is 18.0 Å². The SMILES string of the molecule is Cc1nnc([C@H]2CCCN2C(=O)C[C@H](C)c2ccccc2)n1Cc1ccc(Cl)cc1. The Balaban J connectivity index is 1.52. The number of likely N-dealkylation sites (tertiary alicyclic amines) is 1. The first-order valence-electron chi connectivity index (χ1n) is 10.5. The summed E-state index contributed by atoms with van der Waals surface area (Å²) in [6, 6.07) is 18.0. The fourth-order valence-electron chi connectivity index (χ4n) is 4.22. The number of rotatable bonds is 6. The van der Waals surface area contributed by atoms with Crippen LogP contribution in [0.25, 0.3) is 0 Å². The zero-order valence-electron chi connectivity index (χ0n) is 17.5. The minimum atomic E-state index is -0.0195. The van der Waals surface area contributed by atoms with Crippen molar-refractivity contribution in [2.75, 3.05) is 6.54 Å². The molecule has 0 radical (unpaired) electrons. The summed E-state index contributed by atoms with van der Waals surface area (Å²) in [6.07, 6.45) is 2.41. The van der Waals surface area contributed by atoms with Gasteiger partial charge in [-0.25, -0.2) is 0 Å². The molecule has 0 N–H and O–H groups in total. The molecule has 1 saturated heterocycles. The highest BCUT2D eigenvalue weighted by Gasteiger charge is 2.34. The van der Waals surface area contributed by atoms with Gasteiger partial charge in [-0.15, -0.1) is 10.2 Å². The van der Waals surface area contributed by atoms with Crippen LogP contribution in [0.3, 0.4) is 0 Å². The van der Waals surface area contributed by atoms with Crippen LogP contribution < -0.4 is 0 Å². The van der Waals surface area contributed by atoms with E-state index in [1.54, 1.807) is 0 Å². The Labute approximate surface area is 182 Å². The van der Waals surface area contributed by atoms with E-state index in [1.165, 1.54) is 5.56 Å². The predicted molar refractivity (Wildman–Crippen MR) is 118 cm³/mol. The molecule has 2 aromatic carbocycles. The first-order valence-corrected chi connectivity index (χ1v) is 10.9. The summed E-state index contributed by atoms with van der Waals surface area (Å²) >= 11 is 6.02. The van der Waals surface area contributed by atoms with E-state index < -0.39 is 0 Å². The maximum Gasteiger partial charge on any atom is 0.223 e. The summed E-state index contributed by atoms with van der Waals surface area (Å²) in [6.45, 7) is 5.53. The number of aryl methyl sites for hydroxylation is 1. The largest absolute Gasteiger partial charge is 0.332 e. The summed E-state index contributed by atoms with van der Waals surface area (Å²) in [5, 5.41) is 9.52. The van der Waals surface area contributed by atoms with Gasteiger partial charge in [0.05, 0.1) is 12.6 Å². The molecule has 2 heterocycles. The molecule has 0 unspecified atom stereocenters. The van der Waals surface area contributed by atoms with Crippen molar-refractivity contribution in [2.24, 2.45) is 0 Å². The standard InChI is InChI=1S/C24H27ClN4O/c1-17(20-7-4-3-5-8-20)15-23(30)28-14-6-9-22(28)24-27-26-18(2)29(24)16-19-10-12-21(25)13-11-19/h3-5,7-8,10-13,17,22H,6,9,14-16H2,1-2H3/t17-,22+/m0/s1. The Morgan fingerprint density at radius 1 is 1.13 bits per heavy atom. The Hall–Kier alpha value is -2.66. The topological polar surface area (TPSA) is 51.0 Å². The molecule has 0 spiro atoms. The van der Waals surface area contributed by atoms with Gasteiger partial charge in [-0.2, -0.15) is 0 Å². The number of carbonyl (C=O) groups excluding carboxylic acids is 1. The summed E-state index contributed by atoms with van der Waals surface area (Å²) in [5.74, 6) is 2.11. The maximum absolute atomic E-state index is 13.2. The molecule has 1 aromatic heterocycles. The lowest BCUT2D eigenvalue weighted by Gasteiger charge is -2.26. The minimum Gasteiger partial charge on any atom is -0.332 e. The first kappa shape index (κ1) is 20.6. The van der Waals surface area contributed by atoms with Crippen LogP contribution in [0, 0.1) is 6.92 Å². The number of hydrogen-bond donors (Lipinski definition) is 0. The van der Waals surface area contributed by atoms with Crippen LogP contribution in [-0.4, -0.2) is 32.1 Å². The number of halogens is 1. The minimum absolute atomic E-state index is 0.0195. The van der Waals surface area contributed by atoms with E-state index in [9.17, 15) is 4.79 Å². The average Bonchev–Trinajstić information content (AvgIpc) is 3.37. The van der Waals surface area contributed by atoms with Crippen LogP contribution >= 0.6 is 11.6 Å². The van der Waals surface area contributed by atoms with Gasteiger partial charge < -0.3 is 9.47 Å². The van der Waals surface area contributed by atoms with E-state index in [0.717, 1.165) is 41.6 Å². The van der Waals surface area contributed by atoms with Gasteiger partial charge in [-0.05, 0) is 48.9 Å². The van der Waals surface area contributed by atoms with Gasteiger partial charge in [-0.3, -0.25) is 4.79 Å². The molecular formula is C24H27ClN4O. The molecule has 2 atom stereocenters. The lowest BCUT2D eigenvalue weighted by molar-refractivity contribution is -0.132. The van der Waals surface area contributed by atoms with Crippen LogP contribution in [0.4, 0.5) is 0 Å². The second-order valence-electron chi connectivity index (χ2n) is 8.08. The molecule has 1 aliphatic rings. The Morgan fingerprint density at radius 2 is 1.87 bits per heavy atom. The van der Waals surface area contributed by atoms with Gasteiger partial charge in [0.1, 0.15) is 5.82 Å². The van der Waals surface area contributed by atoms with Crippen LogP contribution in [0.15, 0.2) is 54.6 Å². The Bertz CT molecular complexity index is 1000. The second kappa shape index (κ2) is 9.00. The molecule has 0 aliphatic carbocycles. The number of aromatic nitrogens is 3. The van der Waals surface area contributed by atoms with Crippen LogP contribution in [0.1, 0.15) is 60.9 Å². The molecule has 6 heteroatoms. The van der Waals surface area contributed by atoms with Crippen molar-refractivity contribution in [2.45, 2.75) is 51.6 Å². The average molecular weight is 423 g/mol. The summed E-state index contributed by atoms with van der Waals surface area (Å²) in [4.78, 5) is 15.2. The van der Waals surface area contributed by atoms with Gasteiger partial charge >= 0.3 is 0 Å². The fourth-order valence-corrected chi connectivity index (χ4v) is 4.35. The van der Waals surface area contributed by atoms with Gasteiger partial charge in [0.25, 0.3) is 0 Å². The highest BCUT2D eigenvalue weighted by molar-refractivity contribution is 6.30. The highest BCUT2D eigenvalue weighted by atomic mass is 35.5. The van der Waals surface area contributed by atoms with Gasteiger partial charge in [-0.1, -0.05) is 61.0 Å². The number of carbonyl (C=O) groups is 1. The zero-order valence-corrected chi connectivity index (χ0v) is 18.2. The van der Waals surface area contributed by atoms with Crippen molar-refractivity contribution in [1.82, 2.24) is 19.7 Å². The molecule has 1 aliphatic heterocycles. The molecule has 0 saturated carbocycles. The molecular weight excluding hydrogens is 396 g/mol. The maximum atomic E-state index is 13.2. The van der Waals surface area contributed by atoms with Crippen molar-refractivity contribution >= 4 is 17.5 Å². The number of nitrogens with zero attached hydrogens (tertiary/aromatic N) is 4. The van der Waals surface area contributed by atoms with E-state index in [-0.39, 0.29) is 17.9 Å². The smallest absolute Gasteiger partial charge is 0.223 e. The van der Waals surface area contributed by atoms with Crippen molar-refractivity contribution < 1.29 is 4.79 Å². The predicted octanol–water partition coefficient (Wildman–Crippen LogP) is 5.15. The molecule has 156 valence electrons. The normalized spacial score (nSPS) is 17.3. The number of amides is 1. The fraction of sp³-hybridized carbons (Fsp3) is 0.375. The zero-order chi connectivity index (χ0) is 21.1. The second-order valence-corrected chi connectivity index (χ2v) is 8.52. The third-order valence-electron chi connectivity index (χ3n) is 5.94. The Kier molecular flexibility index (Phi) is 6.18. The molecule has 4 rings (SSSR count). The molecule has 1 amide bonds. The van der Waals surface area contributed by atoms with E-state index in [4.69, 9.17) is 11.6 Å². The van der Waals surface area contributed by atoms with Gasteiger partial charge in [0.15, 0.2) is 5.82 Å². The lowest BCUT2D eigenvalue weighted by atomic mass is 9.97. The molecule has 3 aromatic rings. The van der Waals surface area contributed by atoms with Crippen molar-refractivity contribution in [1.29, 1.82) is 0 Å². The van der Waals surface area contributed by atoms with E-state index in [2.05, 4.69) is 33.8 Å². The van der Waals surface area contributed by atoms with Crippen molar-refractivity contribution in [3.63, 3.8) is 0 Å². The first-order chi connectivity index (χ1) is 14.5. The third kappa shape index (κ3) is 4.41. The molecule has 0 bridgehead atoms. The van der Waals surface area contributed by atoms with E-state index >= 15 is 0 Å². The van der Waals surface area contributed by atoms with Crippen LogP contribution in [0.5, 0.6) is 0 Å². The van der Waals surface area contributed by atoms with E-state index in [0.29, 0.717) is 13.0 Å². The molecule has 30 heavy (non-hydrogen) atoms. The van der Waals surface area contributed by atoms with Crippen molar-refractivity contribution in [3.8, 4) is 0 Å². The lowest BCUT2D eigenvalue weighted by Crippen LogP contribution is -2.33. The number of benzene rings is 2. The van der Waals surface area contributed by atoms with Gasteiger partial charge in [0.2, 0.25) is 5.91 Å². The van der Waals surface area contributed by atoms with E-state index in [1.807, 2.05) is 54.3 Å². The summed E-state index contributed by atoms with van der Waals surface area (Å²) < 4.78 is 2.13. The van der Waals surface area contributed by atoms with Crippen LogP contribution in [0.2, 0.25) is 5.02 Å². The quantitative estimate of drug-likeness (QED) is 0.552. The summed E-state index contributed by atoms with van der Waals surface area (Å²) in [5.41, 5.74) is 2.33. The number of hydrogen-bond acceptors (Lipinski definition) is 3. The third-order valence-corrected chi connectivity index (χ3v) is 6.19. The summed E-state index contributed by atoms with van der Waals surface area (Å²) in [7, 11) is 0. The van der Waals surface area contributed by atoms with Crippen LogP contribution in [-0.2, 0) is 11.3 Å². The monoisotopic (exact) mass is 422 g/mol.